The highest BCUT2D eigenvalue weighted by Crippen LogP contribution is 2.36. The number of carbonyl (C=O) groups is 2. The van der Waals surface area contributed by atoms with Crippen LogP contribution in [-0.2, 0) is 15.0 Å². The van der Waals surface area contributed by atoms with E-state index in [1.807, 2.05) is 37.3 Å². The maximum atomic E-state index is 11.7. The van der Waals surface area contributed by atoms with Gasteiger partial charge in [-0.3, -0.25) is 14.9 Å². The molecule has 1 fully saturated rings. The van der Waals surface area contributed by atoms with Crippen molar-refractivity contribution in [1.29, 1.82) is 0 Å². The van der Waals surface area contributed by atoms with Crippen LogP contribution >= 0.6 is 0 Å². The second-order valence-electron chi connectivity index (χ2n) is 4.44. The summed E-state index contributed by atoms with van der Waals surface area (Å²) in [7, 11) is 0. The van der Waals surface area contributed by atoms with Crippen molar-refractivity contribution in [3.8, 4) is 0 Å². The summed E-state index contributed by atoms with van der Waals surface area (Å²) in [5, 5.41) is 2.29. The number of hydrogen-bond donors (Lipinski definition) is 2. The van der Waals surface area contributed by atoms with Crippen molar-refractivity contribution in [2.45, 2.75) is 31.2 Å². The average Bonchev–Trinajstić information content (AvgIpc) is 2.35. The fraction of sp³-hybridized carbons (Fsp3) is 0.385. The molecule has 1 aromatic carbocycles. The topological polar surface area (TPSA) is 72.2 Å². The molecule has 2 amide bonds. The summed E-state index contributed by atoms with van der Waals surface area (Å²) in [6.07, 6.45) is 0.928. The molecule has 1 aliphatic rings. The molecule has 0 saturated carbocycles. The summed E-state index contributed by atoms with van der Waals surface area (Å²) in [5.41, 5.74) is 6.39. The Morgan fingerprint density at radius 1 is 1.35 bits per heavy atom. The molecule has 2 atom stereocenters. The number of nitrogens with one attached hydrogen (secondary N) is 1. The van der Waals surface area contributed by atoms with E-state index in [0.717, 1.165) is 5.56 Å². The second-order valence-corrected chi connectivity index (χ2v) is 4.44. The summed E-state index contributed by atoms with van der Waals surface area (Å²) in [4.78, 5) is 23.3. The molecule has 1 aromatic rings. The molecular formula is C13H16N2O2. The van der Waals surface area contributed by atoms with E-state index in [9.17, 15) is 9.59 Å². The van der Waals surface area contributed by atoms with Gasteiger partial charge in [-0.05, 0) is 12.0 Å². The van der Waals surface area contributed by atoms with Gasteiger partial charge >= 0.3 is 0 Å². The number of imide groups is 1. The number of amides is 2. The van der Waals surface area contributed by atoms with Gasteiger partial charge in [-0.15, -0.1) is 0 Å². The van der Waals surface area contributed by atoms with Gasteiger partial charge in [-0.25, -0.2) is 0 Å². The molecule has 1 saturated heterocycles. The standard InChI is InChI=1S/C13H16N2O2/c1-2-13(9-6-4-3-5-7-9)8-10(16)15-12(17)11(13)14/h3-7,11H,2,8,14H2,1H3,(H,15,16,17)/t11-,13?/m1/s1. The van der Waals surface area contributed by atoms with Gasteiger partial charge in [0, 0.05) is 11.8 Å². The van der Waals surface area contributed by atoms with Gasteiger partial charge in [0.1, 0.15) is 0 Å². The molecule has 4 heteroatoms. The normalized spacial score (nSPS) is 28.9. The summed E-state index contributed by atoms with van der Waals surface area (Å²) in [6.45, 7) is 1.96. The SMILES string of the molecule is CCC1(c2ccccc2)CC(=O)NC(=O)[C@H]1N. The zero-order chi connectivity index (χ0) is 12.5. The molecule has 0 bridgehead atoms. The predicted octanol–water partition coefficient (Wildman–Crippen LogP) is 0.708. The highest BCUT2D eigenvalue weighted by molar-refractivity contribution is 6.02. The fourth-order valence-corrected chi connectivity index (χ4v) is 2.51. The lowest BCUT2D eigenvalue weighted by molar-refractivity contribution is -0.137. The molecule has 2 rings (SSSR count). The maximum Gasteiger partial charge on any atom is 0.244 e. The van der Waals surface area contributed by atoms with Gasteiger partial charge < -0.3 is 5.73 Å². The predicted molar refractivity (Wildman–Crippen MR) is 64.2 cm³/mol. The minimum atomic E-state index is -0.674. The average molecular weight is 232 g/mol. The van der Waals surface area contributed by atoms with Crippen LogP contribution in [0.3, 0.4) is 0 Å². The number of nitrogens with two attached hydrogens (primary N) is 1. The van der Waals surface area contributed by atoms with E-state index in [-0.39, 0.29) is 18.2 Å². The van der Waals surface area contributed by atoms with E-state index in [0.29, 0.717) is 6.42 Å². The molecule has 0 aliphatic carbocycles. The molecule has 0 spiro atoms. The minimum absolute atomic E-state index is 0.248. The van der Waals surface area contributed by atoms with Crippen LogP contribution in [0, 0.1) is 0 Å². The van der Waals surface area contributed by atoms with Crippen LogP contribution in [0.5, 0.6) is 0 Å². The zero-order valence-electron chi connectivity index (χ0n) is 9.77. The summed E-state index contributed by atoms with van der Waals surface area (Å²) in [6, 6.07) is 8.88. The highest BCUT2D eigenvalue weighted by atomic mass is 16.2. The van der Waals surface area contributed by atoms with Gasteiger partial charge in [0.05, 0.1) is 6.04 Å². The Morgan fingerprint density at radius 2 is 2.00 bits per heavy atom. The summed E-state index contributed by atoms with van der Waals surface area (Å²) >= 11 is 0. The Labute approximate surface area is 100 Å². The molecule has 0 radical (unpaired) electrons. The molecule has 1 aliphatic heterocycles. The van der Waals surface area contributed by atoms with Crippen molar-refractivity contribution in [3.05, 3.63) is 35.9 Å². The maximum absolute atomic E-state index is 11.7. The molecular weight excluding hydrogens is 216 g/mol. The first kappa shape index (κ1) is 11.8. The molecule has 3 N–H and O–H groups in total. The number of carbonyl (C=O) groups excluding carboxylic acids is 2. The Kier molecular flexibility index (Phi) is 2.98. The van der Waals surface area contributed by atoms with Gasteiger partial charge in [0.2, 0.25) is 11.8 Å². The van der Waals surface area contributed by atoms with Crippen LogP contribution in [0.2, 0.25) is 0 Å². The highest BCUT2D eigenvalue weighted by Gasteiger charge is 2.46. The van der Waals surface area contributed by atoms with E-state index in [1.54, 1.807) is 0 Å². The first-order valence-corrected chi connectivity index (χ1v) is 5.75. The van der Waals surface area contributed by atoms with Gasteiger partial charge in [-0.2, -0.15) is 0 Å². The van der Waals surface area contributed by atoms with Crippen LogP contribution in [0.1, 0.15) is 25.3 Å². The third kappa shape index (κ3) is 1.85. The number of rotatable bonds is 2. The van der Waals surface area contributed by atoms with Gasteiger partial charge in [0.15, 0.2) is 0 Å². The molecule has 0 aromatic heterocycles. The summed E-state index contributed by atoms with van der Waals surface area (Å²) < 4.78 is 0. The van der Waals surface area contributed by atoms with E-state index < -0.39 is 11.5 Å². The number of hydrogen-bond acceptors (Lipinski definition) is 3. The quantitative estimate of drug-likeness (QED) is 0.737. The largest absolute Gasteiger partial charge is 0.319 e. The third-order valence-corrected chi connectivity index (χ3v) is 3.60. The first-order valence-electron chi connectivity index (χ1n) is 5.75. The zero-order valence-corrected chi connectivity index (χ0v) is 9.77. The lowest BCUT2D eigenvalue weighted by atomic mass is 9.68. The second kappa shape index (κ2) is 4.30. The molecule has 1 unspecified atom stereocenters. The van der Waals surface area contributed by atoms with Crippen LogP contribution in [0.4, 0.5) is 0 Å². The summed E-state index contributed by atoms with van der Waals surface area (Å²) in [5.74, 6) is -0.630. The van der Waals surface area contributed by atoms with Crippen molar-refractivity contribution in [2.75, 3.05) is 0 Å². The van der Waals surface area contributed by atoms with Crippen molar-refractivity contribution in [1.82, 2.24) is 5.32 Å². The number of piperidine rings is 1. The molecule has 90 valence electrons. The van der Waals surface area contributed by atoms with Crippen LogP contribution in [0.25, 0.3) is 0 Å². The van der Waals surface area contributed by atoms with Crippen LogP contribution in [0.15, 0.2) is 30.3 Å². The lowest BCUT2D eigenvalue weighted by Crippen LogP contribution is -2.61. The van der Waals surface area contributed by atoms with Gasteiger partial charge in [-0.1, -0.05) is 37.3 Å². The number of benzene rings is 1. The van der Waals surface area contributed by atoms with Crippen molar-refractivity contribution in [3.63, 3.8) is 0 Å². The smallest absolute Gasteiger partial charge is 0.244 e. The van der Waals surface area contributed by atoms with Gasteiger partial charge in [0.25, 0.3) is 0 Å². The first-order chi connectivity index (χ1) is 8.10. The van der Waals surface area contributed by atoms with Crippen LogP contribution in [-0.4, -0.2) is 17.9 Å². The minimum Gasteiger partial charge on any atom is -0.319 e. The lowest BCUT2D eigenvalue weighted by Gasteiger charge is -2.40. The van der Waals surface area contributed by atoms with E-state index in [4.69, 9.17) is 5.73 Å². The molecule has 4 nitrogen and oxygen atoms in total. The Hall–Kier alpha value is -1.68. The van der Waals surface area contributed by atoms with E-state index >= 15 is 0 Å². The molecule has 1 heterocycles. The Morgan fingerprint density at radius 3 is 2.59 bits per heavy atom. The fourth-order valence-electron chi connectivity index (χ4n) is 2.51. The van der Waals surface area contributed by atoms with Crippen LogP contribution < -0.4 is 11.1 Å². The van der Waals surface area contributed by atoms with Crippen molar-refractivity contribution in [2.24, 2.45) is 5.73 Å². The van der Waals surface area contributed by atoms with Crippen molar-refractivity contribution >= 4 is 11.8 Å². The Balaban J connectivity index is 2.49. The Bertz CT molecular complexity index is 444. The monoisotopic (exact) mass is 232 g/mol. The van der Waals surface area contributed by atoms with E-state index in [2.05, 4.69) is 5.32 Å². The molecule has 17 heavy (non-hydrogen) atoms. The van der Waals surface area contributed by atoms with E-state index in [1.165, 1.54) is 0 Å². The van der Waals surface area contributed by atoms with Crippen molar-refractivity contribution < 1.29 is 9.59 Å². The third-order valence-electron chi connectivity index (χ3n) is 3.60.